The minimum absolute atomic E-state index is 0.0461. The van der Waals surface area contributed by atoms with Crippen molar-refractivity contribution < 1.29 is 14.5 Å². The van der Waals surface area contributed by atoms with E-state index in [1.165, 1.54) is 23.5 Å². The molecule has 200 valence electrons. The third kappa shape index (κ3) is 6.53. The molecular formula is C25H26Cl2N6O4S. The number of nitro benzene ring substituents is 1. The van der Waals surface area contributed by atoms with Crippen molar-refractivity contribution in [1.29, 1.82) is 0 Å². The summed E-state index contributed by atoms with van der Waals surface area (Å²) in [6.45, 7) is 6.28. The lowest BCUT2D eigenvalue weighted by Crippen LogP contribution is -2.48. The van der Waals surface area contributed by atoms with Gasteiger partial charge in [-0.3, -0.25) is 14.9 Å². The maximum atomic E-state index is 13.1. The standard InChI is InChI=1S/C25H26Cl2N6O4S/c1-16(2)32(25(35)28-17-3-8-20(26)21(27)13-17)14-23-29-22(15-38-23)24(34)31-11-9-30(10-12-31)18-4-6-19(7-5-18)33(36)37/h3-8,13,15-16H,9-12,14H2,1-2H3,(H,28,35). The van der Waals surface area contributed by atoms with Gasteiger partial charge in [0.25, 0.3) is 11.6 Å². The molecule has 1 N–H and O–H groups in total. The van der Waals surface area contributed by atoms with Crippen LogP contribution in [0.3, 0.4) is 0 Å². The predicted molar refractivity (Wildman–Crippen MR) is 149 cm³/mol. The van der Waals surface area contributed by atoms with Crippen molar-refractivity contribution in [1.82, 2.24) is 14.8 Å². The Morgan fingerprint density at radius 3 is 2.39 bits per heavy atom. The molecule has 3 amide bonds. The Balaban J connectivity index is 1.35. The first-order valence-electron chi connectivity index (χ1n) is 11.9. The average Bonchev–Trinajstić information content (AvgIpc) is 3.37. The van der Waals surface area contributed by atoms with Crippen LogP contribution >= 0.6 is 34.5 Å². The van der Waals surface area contributed by atoms with Gasteiger partial charge in [0.05, 0.1) is 21.5 Å². The predicted octanol–water partition coefficient (Wildman–Crippen LogP) is 5.76. The number of non-ortho nitro benzene ring substituents is 1. The molecule has 0 radical (unpaired) electrons. The quantitative estimate of drug-likeness (QED) is 0.282. The van der Waals surface area contributed by atoms with Crippen LogP contribution in [0.1, 0.15) is 29.3 Å². The summed E-state index contributed by atoms with van der Waals surface area (Å²) in [6, 6.07) is 10.8. The molecule has 1 fully saturated rings. The zero-order chi connectivity index (χ0) is 27.4. The second kappa shape index (κ2) is 12.0. The van der Waals surface area contributed by atoms with Crippen molar-refractivity contribution in [3.05, 3.63) is 78.7 Å². The van der Waals surface area contributed by atoms with Gasteiger partial charge in [0.15, 0.2) is 0 Å². The number of anilines is 2. The summed E-state index contributed by atoms with van der Waals surface area (Å²) in [5.74, 6) is -0.160. The summed E-state index contributed by atoms with van der Waals surface area (Å²) in [6.07, 6.45) is 0. The molecule has 1 aromatic heterocycles. The van der Waals surface area contributed by atoms with E-state index in [1.807, 2.05) is 13.8 Å². The normalized spacial score (nSPS) is 13.5. The van der Waals surface area contributed by atoms with Crippen molar-refractivity contribution in [3.63, 3.8) is 0 Å². The summed E-state index contributed by atoms with van der Waals surface area (Å²) in [5, 5.41) is 16.8. The van der Waals surface area contributed by atoms with Crippen molar-refractivity contribution in [2.45, 2.75) is 26.4 Å². The largest absolute Gasteiger partial charge is 0.368 e. The van der Waals surface area contributed by atoms with Gasteiger partial charge in [-0.25, -0.2) is 9.78 Å². The Morgan fingerprint density at radius 2 is 1.79 bits per heavy atom. The number of benzene rings is 2. The molecule has 1 aliphatic heterocycles. The Hall–Kier alpha value is -3.41. The number of aromatic nitrogens is 1. The molecule has 4 rings (SSSR count). The highest BCUT2D eigenvalue weighted by Gasteiger charge is 2.25. The van der Waals surface area contributed by atoms with Crippen LogP contribution in [0.5, 0.6) is 0 Å². The molecule has 3 aromatic rings. The molecule has 10 nitrogen and oxygen atoms in total. The van der Waals surface area contributed by atoms with Crippen LogP contribution in [0.2, 0.25) is 10.0 Å². The lowest BCUT2D eigenvalue weighted by atomic mass is 10.2. The molecule has 0 spiro atoms. The molecule has 0 atom stereocenters. The van der Waals surface area contributed by atoms with E-state index in [-0.39, 0.29) is 30.2 Å². The first-order valence-corrected chi connectivity index (χ1v) is 13.5. The number of nitrogens with zero attached hydrogens (tertiary/aromatic N) is 5. The number of thiazole rings is 1. The van der Waals surface area contributed by atoms with E-state index in [9.17, 15) is 19.7 Å². The van der Waals surface area contributed by atoms with Gasteiger partial charge in [-0.15, -0.1) is 11.3 Å². The van der Waals surface area contributed by atoms with Gasteiger partial charge in [0, 0.05) is 61.1 Å². The van der Waals surface area contributed by atoms with Crippen molar-refractivity contribution in [3.8, 4) is 0 Å². The second-order valence-corrected chi connectivity index (χ2v) is 10.7. The smallest absolute Gasteiger partial charge is 0.322 e. The number of nitrogens with one attached hydrogen (secondary N) is 1. The SMILES string of the molecule is CC(C)N(Cc1nc(C(=O)N2CCN(c3ccc([N+](=O)[O-])cc3)CC2)cs1)C(=O)Nc1ccc(Cl)c(Cl)c1. The van der Waals surface area contributed by atoms with Gasteiger partial charge in [-0.05, 0) is 44.2 Å². The molecule has 0 unspecified atom stereocenters. The second-order valence-electron chi connectivity index (χ2n) is 8.96. The number of nitro groups is 1. The fourth-order valence-corrected chi connectivity index (χ4v) is 5.06. The molecule has 1 aliphatic rings. The van der Waals surface area contributed by atoms with Gasteiger partial charge in [-0.2, -0.15) is 0 Å². The van der Waals surface area contributed by atoms with Crippen LogP contribution in [-0.2, 0) is 6.54 Å². The molecule has 2 heterocycles. The summed E-state index contributed by atoms with van der Waals surface area (Å²) in [5.41, 5.74) is 1.80. The van der Waals surface area contributed by atoms with E-state index >= 15 is 0 Å². The Labute approximate surface area is 233 Å². The topological polar surface area (TPSA) is 112 Å². The van der Waals surface area contributed by atoms with E-state index in [4.69, 9.17) is 23.2 Å². The van der Waals surface area contributed by atoms with Crippen LogP contribution < -0.4 is 10.2 Å². The molecule has 38 heavy (non-hydrogen) atoms. The van der Waals surface area contributed by atoms with Gasteiger partial charge in [0.2, 0.25) is 0 Å². The minimum Gasteiger partial charge on any atom is -0.368 e. The molecular weight excluding hydrogens is 551 g/mol. The van der Waals surface area contributed by atoms with Crippen LogP contribution in [0.4, 0.5) is 21.9 Å². The maximum absolute atomic E-state index is 13.1. The lowest BCUT2D eigenvalue weighted by molar-refractivity contribution is -0.384. The van der Waals surface area contributed by atoms with Crippen LogP contribution in [0, 0.1) is 10.1 Å². The van der Waals surface area contributed by atoms with E-state index < -0.39 is 4.92 Å². The number of rotatable bonds is 7. The number of piperazine rings is 1. The molecule has 2 aromatic carbocycles. The lowest BCUT2D eigenvalue weighted by Gasteiger charge is -2.35. The molecule has 1 saturated heterocycles. The van der Waals surface area contributed by atoms with Gasteiger partial charge in [-0.1, -0.05) is 23.2 Å². The van der Waals surface area contributed by atoms with E-state index in [0.29, 0.717) is 52.6 Å². The number of urea groups is 1. The van der Waals surface area contributed by atoms with E-state index in [1.54, 1.807) is 45.5 Å². The minimum atomic E-state index is -0.426. The number of carbonyl (C=O) groups excluding carboxylic acids is 2. The van der Waals surface area contributed by atoms with E-state index in [2.05, 4.69) is 15.2 Å². The van der Waals surface area contributed by atoms with Crippen LogP contribution in [0.25, 0.3) is 0 Å². The van der Waals surface area contributed by atoms with Crippen molar-refractivity contribution in [2.75, 3.05) is 36.4 Å². The Bertz CT molecular complexity index is 1330. The monoisotopic (exact) mass is 576 g/mol. The van der Waals surface area contributed by atoms with Crippen molar-refractivity contribution >= 4 is 63.5 Å². The Kier molecular flexibility index (Phi) is 8.70. The van der Waals surface area contributed by atoms with Crippen molar-refractivity contribution in [2.24, 2.45) is 0 Å². The van der Waals surface area contributed by atoms with Gasteiger partial charge in [0.1, 0.15) is 10.7 Å². The van der Waals surface area contributed by atoms with Crippen LogP contribution in [0.15, 0.2) is 47.8 Å². The first-order chi connectivity index (χ1) is 18.1. The number of hydrogen-bond acceptors (Lipinski definition) is 7. The summed E-state index contributed by atoms with van der Waals surface area (Å²) in [4.78, 5) is 46.5. The summed E-state index contributed by atoms with van der Waals surface area (Å²) in [7, 11) is 0. The number of hydrogen-bond donors (Lipinski definition) is 1. The molecule has 0 saturated carbocycles. The highest BCUT2D eigenvalue weighted by molar-refractivity contribution is 7.09. The summed E-state index contributed by atoms with van der Waals surface area (Å²) < 4.78 is 0. The van der Waals surface area contributed by atoms with E-state index in [0.717, 1.165) is 5.69 Å². The highest BCUT2D eigenvalue weighted by Crippen LogP contribution is 2.26. The molecule has 0 bridgehead atoms. The number of amides is 3. The first kappa shape index (κ1) is 27.6. The number of halogens is 2. The zero-order valence-corrected chi connectivity index (χ0v) is 23.1. The van der Waals surface area contributed by atoms with Gasteiger partial charge >= 0.3 is 6.03 Å². The third-order valence-electron chi connectivity index (χ3n) is 6.12. The fraction of sp³-hybridized carbons (Fsp3) is 0.320. The average molecular weight is 577 g/mol. The fourth-order valence-electron chi connectivity index (χ4n) is 4.00. The zero-order valence-electron chi connectivity index (χ0n) is 20.8. The number of carbonyl (C=O) groups is 2. The third-order valence-corrected chi connectivity index (χ3v) is 7.70. The molecule has 0 aliphatic carbocycles. The molecule has 13 heteroatoms. The van der Waals surface area contributed by atoms with Crippen LogP contribution in [-0.4, -0.2) is 63.9 Å². The van der Waals surface area contributed by atoms with Gasteiger partial charge < -0.3 is 20.0 Å². The highest BCUT2D eigenvalue weighted by atomic mass is 35.5. The summed E-state index contributed by atoms with van der Waals surface area (Å²) >= 11 is 13.3. The maximum Gasteiger partial charge on any atom is 0.322 e. The Morgan fingerprint density at radius 1 is 1.11 bits per heavy atom.